The number of amides is 2. The van der Waals surface area contributed by atoms with Gasteiger partial charge in [-0.15, -0.1) is 0 Å². The summed E-state index contributed by atoms with van der Waals surface area (Å²) in [4.78, 5) is 36.9. The molecular formula is C23H27FN6O2. The summed E-state index contributed by atoms with van der Waals surface area (Å²) >= 11 is 0. The predicted octanol–water partition coefficient (Wildman–Crippen LogP) is 2.13. The van der Waals surface area contributed by atoms with Crippen LogP contribution in [-0.2, 0) is 11.3 Å². The van der Waals surface area contributed by atoms with Gasteiger partial charge < -0.3 is 15.5 Å². The maximum Gasteiger partial charge on any atom is 0.269 e. The second kappa shape index (κ2) is 7.81. The van der Waals surface area contributed by atoms with Gasteiger partial charge in [0.2, 0.25) is 11.9 Å². The Bertz CT molecular complexity index is 1080. The Kier molecular flexibility index (Phi) is 5.08. The van der Waals surface area contributed by atoms with E-state index >= 15 is 0 Å². The van der Waals surface area contributed by atoms with Gasteiger partial charge in [0.15, 0.2) is 0 Å². The molecule has 2 aromatic heterocycles. The maximum atomic E-state index is 14.5. The van der Waals surface area contributed by atoms with E-state index in [2.05, 4.69) is 27.4 Å². The fourth-order valence-electron chi connectivity index (χ4n) is 5.02. The molecule has 1 saturated carbocycles. The smallest absolute Gasteiger partial charge is 0.269 e. The van der Waals surface area contributed by atoms with E-state index in [-0.39, 0.29) is 22.9 Å². The summed E-state index contributed by atoms with van der Waals surface area (Å²) in [6, 6.07) is 5.21. The van der Waals surface area contributed by atoms with Crippen LogP contribution < -0.4 is 15.5 Å². The number of nitrogens with one attached hydrogen (secondary N) is 2. The Morgan fingerprint density at radius 3 is 2.78 bits per heavy atom. The van der Waals surface area contributed by atoms with Crippen LogP contribution in [0.1, 0.15) is 47.4 Å². The highest BCUT2D eigenvalue weighted by atomic mass is 19.1. The molecule has 4 heterocycles. The molecule has 3 aliphatic rings. The molecule has 2 N–H and O–H groups in total. The largest absolute Gasteiger partial charge is 0.365 e. The monoisotopic (exact) mass is 438 g/mol. The van der Waals surface area contributed by atoms with Gasteiger partial charge in [-0.3, -0.25) is 19.5 Å². The van der Waals surface area contributed by atoms with Crippen molar-refractivity contribution in [2.75, 3.05) is 43.4 Å². The van der Waals surface area contributed by atoms with Crippen LogP contribution >= 0.6 is 0 Å². The van der Waals surface area contributed by atoms with Crippen molar-refractivity contribution in [3.05, 3.63) is 47.3 Å². The van der Waals surface area contributed by atoms with Gasteiger partial charge in [0.05, 0.1) is 22.5 Å². The van der Waals surface area contributed by atoms with Crippen molar-refractivity contribution in [3.8, 4) is 0 Å². The zero-order chi connectivity index (χ0) is 22.5. The van der Waals surface area contributed by atoms with E-state index in [0.29, 0.717) is 18.8 Å². The van der Waals surface area contributed by atoms with E-state index in [4.69, 9.17) is 4.98 Å². The van der Waals surface area contributed by atoms with Crippen LogP contribution in [0.25, 0.3) is 0 Å². The number of aromatic nitrogens is 2. The number of anilines is 2. The molecular weight excluding hydrogens is 411 g/mol. The van der Waals surface area contributed by atoms with Gasteiger partial charge in [-0.2, -0.15) is 4.39 Å². The van der Waals surface area contributed by atoms with E-state index in [9.17, 15) is 14.0 Å². The summed E-state index contributed by atoms with van der Waals surface area (Å²) in [5.74, 6) is -0.648. The number of rotatable bonds is 5. The normalized spacial score (nSPS) is 24.4. The highest BCUT2D eigenvalue weighted by molar-refractivity contribution is 6.02. The average molecular weight is 439 g/mol. The minimum atomic E-state index is -0.627. The Hall–Kier alpha value is -3.07. The standard InChI is InChI=1S/C23H27FN6O2/c1-3-23-11-15(23)19-17(28-22(23)32)10-14(12-26-19)13-29-6-8-30(9-7-29)18-5-4-16(21(31)25-2)27-20(18)24/h4-5,10,12,15H,3,6-9,11,13H2,1-2H3,(H,25,31)(H,28,32)/t15-,23-/m1/s1. The summed E-state index contributed by atoms with van der Waals surface area (Å²) in [5.41, 5.74) is 3.18. The molecule has 2 fully saturated rings. The van der Waals surface area contributed by atoms with Crippen LogP contribution in [0.5, 0.6) is 0 Å². The van der Waals surface area contributed by atoms with Crippen LogP contribution in [-0.4, -0.2) is 59.9 Å². The Balaban J connectivity index is 1.21. The molecule has 0 aromatic carbocycles. The molecule has 2 atom stereocenters. The van der Waals surface area contributed by atoms with Crippen LogP contribution in [0, 0.1) is 11.4 Å². The number of nitrogens with zero attached hydrogens (tertiary/aromatic N) is 4. The van der Waals surface area contributed by atoms with E-state index in [1.54, 1.807) is 12.1 Å². The number of halogens is 1. The molecule has 2 aromatic rings. The molecule has 32 heavy (non-hydrogen) atoms. The van der Waals surface area contributed by atoms with Gasteiger partial charge in [0.1, 0.15) is 5.69 Å². The summed E-state index contributed by atoms with van der Waals surface area (Å²) in [6.45, 7) is 5.65. The van der Waals surface area contributed by atoms with Crippen molar-refractivity contribution in [1.82, 2.24) is 20.2 Å². The first-order valence-electron chi connectivity index (χ1n) is 11.1. The predicted molar refractivity (Wildman–Crippen MR) is 118 cm³/mol. The summed E-state index contributed by atoms with van der Waals surface area (Å²) in [6.07, 6.45) is 3.66. The number of piperazine rings is 1. The molecule has 0 bridgehead atoms. The zero-order valence-corrected chi connectivity index (χ0v) is 18.3. The van der Waals surface area contributed by atoms with E-state index in [0.717, 1.165) is 49.4 Å². The lowest BCUT2D eigenvalue weighted by Crippen LogP contribution is -2.46. The van der Waals surface area contributed by atoms with Gasteiger partial charge in [-0.05, 0) is 36.6 Å². The molecule has 9 heteroatoms. The number of hydrogen-bond acceptors (Lipinski definition) is 6. The van der Waals surface area contributed by atoms with Crippen molar-refractivity contribution >= 4 is 23.2 Å². The van der Waals surface area contributed by atoms with Crippen molar-refractivity contribution in [1.29, 1.82) is 0 Å². The molecule has 5 rings (SSSR count). The van der Waals surface area contributed by atoms with Crippen LogP contribution in [0.2, 0.25) is 0 Å². The Morgan fingerprint density at radius 1 is 1.31 bits per heavy atom. The van der Waals surface area contributed by atoms with Gasteiger partial charge in [-0.1, -0.05) is 6.92 Å². The number of carbonyl (C=O) groups is 2. The lowest BCUT2D eigenvalue weighted by Gasteiger charge is -2.36. The van der Waals surface area contributed by atoms with Crippen LogP contribution in [0.3, 0.4) is 0 Å². The van der Waals surface area contributed by atoms with Crippen molar-refractivity contribution in [2.45, 2.75) is 32.2 Å². The fraction of sp³-hybridized carbons (Fsp3) is 0.478. The lowest BCUT2D eigenvalue weighted by atomic mass is 9.93. The Morgan fingerprint density at radius 2 is 2.09 bits per heavy atom. The highest BCUT2D eigenvalue weighted by Crippen LogP contribution is 2.64. The third-order valence-electron chi connectivity index (χ3n) is 7.12. The first-order valence-corrected chi connectivity index (χ1v) is 11.1. The third-order valence-corrected chi connectivity index (χ3v) is 7.12. The molecule has 168 valence electrons. The molecule has 8 nitrogen and oxygen atoms in total. The summed E-state index contributed by atoms with van der Waals surface area (Å²) in [7, 11) is 1.49. The summed E-state index contributed by atoms with van der Waals surface area (Å²) in [5, 5.41) is 5.52. The highest BCUT2D eigenvalue weighted by Gasteiger charge is 2.62. The fourth-order valence-corrected chi connectivity index (χ4v) is 5.02. The van der Waals surface area contributed by atoms with E-state index < -0.39 is 11.9 Å². The van der Waals surface area contributed by atoms with Crippen molar-refractivity contribution in [2.24, 2.45) is 5.41 Å². The van der Waals surface area contributed by atoms with Crippen molar-refractivity contribution < 1.29 is 14.0 Å². The second-order valence-electron chi connectivity index (χ2n) is 8.85. The van der Waals surface area contributed by atoms with Gasteiger partial charge >= 0.3 is 0 Å². The van der Waals surface area contributed by atoms with E-state index in [1.807, 2.05) is 17.2 Å². The zero-order valence-electron chi connectivity index (χ0n) is 18.3. The van der Waals surface area contributed by atoms with Gasteiger partial charge in [0.25, 0.3) is 5.91 Å². The number of hydrogen-bond donors (Lipinski definition) is 2. The molecule has 2 aliphatic heterocycles. The number of pyridine rings is 2. The second-order valence-corrected chi connectivity index (χ2v) is 8.85. The minimum absolute atomic E-state index is 0.0711. The molecule has 0 spiro atoms. The van der Waals surface area contributed by atoms with Crippen LogP contribution in [0.15, 0.2) is 24.4 Å². The number of fused-ring (bicyclic) bond motifs is 3. The lowest BCUT2D eigenvalue weighted by molar-refractivity contribution is -0.121. The molecule has 0 unspecified atom stereocenters. The molecule has 1 saturated heterocycles. The number of carbonyl (C=O) groups excluding carboxylic acids is 2. The van der Waals surface area contributed by atoms with E-state index in [1.165, 1.54) is 7.05 Å². The first kappa shape index (κ1) is 20.8. The SMILES string of the molecule is CC[C@@]12C[C@@H]1c1ncc(CN3CCN(c4ccc(C(=O)NC)nc4F)CC3)cc1NC2=O. The molecule has 1 aliphatic carbocycles. The first-order chi connectivity index (χ1) is 15.4. The maximum absolute atomic E-state index is 14.5. The van der Waals surface area contributed by atoms with Gasteiger partial charge in [-0.25, -0.2) is 4.98 Å². The molecule has 0 radical (unpaired) electrons. The van der Waals surface area contributed by atoms with Crippen LogP contribution in [0.4, 0.5) is 15.8 Å². The third kappa shape index (κ3) is 3.40. The van der Waals surface area contributed by atoms with Crippen molar-refractivity contribution in [3.63, 3.8) is 0 Å². The molecule has 2 amide bonds. The quantitative estimate of drug-likeness (QED) is 0.695. The minimum Gasteiger partial charge on any atom is -0.365 e. The Labute approximate surface area is 186 Å². The van der Waals surface area contributed by atoms with Gasteiger partial charge in [0, 0.05) is 51.9 Å². The average Bonchev–Trinajstić information content (AvgIpc) is 3.56. The topological polar surface area (TPSA) is 90.5 Å². The summed E-state index contributed by atoms with van der Waals surface area (Å²) < 4.78 is 14.5.